The van der Waals surface area contributed by atoms with Gasteiger partial charge in [0, 0.05) is 13.1 Å². The predicted molar refractivity (Wildman–Crippen MR) is 89.1 cm³/mol. The van der Waals surface area contributed by atoms with E-state index in [-0.39, 0.29) is 6.04 Å². The van der Waals surface area contributed by atoms with E-state index >= 15 is 0 Å². The summed E-state index contributed by atoms with van der Waals surface area (Å²) in [6.07, 6.45) is 1.74. The first-order chi connectivity index (χ1) is 10.8. The van der Waals surface area contributed by atoms with E-state index in [1.54, 1.807) is 13.4 Å². The molecule has 2 aromatic rings. The molecule has 0 saturated heterocycles. The second-order valence-electron chi connectivity index (χ2n) is 5.23. The number of nitrogens with one attached hydrogen (secondary N) is 1. The van der Waals surface area contributed by atoms with E-state index in [0.29, 0.717) is 0 Å². The molecule has 0 bridgehead atoms. The monoisotopic (exact) mass is 302 g/mol. The van der Waals surface area contributed by atoms with E-state index in [9.17, 15) is 0 Å². The third kappa shape index (κ3) is 4.36. The van der Waals surface area contributed by atoms with E-state index in [1.807, 2.05) is 18.2 Å². The molecule has 120 valence electrons. The highest BCUT2D eigenvalue weighted by Crippen LogP contribution is 2.20. The molecule has 0 fully saturated rings. The highest BCUT2D eigenvalue weighted by Gasteiger charge is 2.19. The van der Waals surface area contributed by atoms with Gasteiger partial charge in [0.1, 0.15) is 11.5 Å². The quantitative estimate of drug-likeness (QED) is 0.770. The first-order valence-electron chi connectivity index (χ1n) is 7.89. The number of likely N-dealkylation sites (N-methyl/N-ethyl adjacent to an activating group) is 1. The average molecular weight is 302 g/mol. The van der Waals surface area contributed by atoms with Gasteiger partial charge in [0.15, 0.2) is 0 Å². The second-order valence-corrected chi connectivity index (χ2v) is 5.23. The summed E-state index contributed by atoms with van der Waals surface area (Å²) in [7, 11) is 1.69. The van der Waals surface area contributed by atoms with Crippen LogP contribution in [0.15, 0.2) is 47.1 Å². The first kappa shape index (κ1) is 16.6. The topological polar surface area (TPSA) is 37.6 Å². The van der Waals surface area contributed by atoms with Gasteiger partial charge in [-0.05, 0) is 42.9 Å². The highest BCUT2D eigenvalue weighted by molar-refractivity contribution is 5.28. The Hall–Kier alpha value is -1.78. The number of benzene rings is 1. The molecule has 4 nitrogen and oxygen atoms in total. The van der Waals surface area contributed by atoms with E-state index in [2.05, 4.69) is 42.3 Å². The molecule has 2 rings (SSSR count). The van der Waals surface area contributed by atoms with Crippen LogP contribution in [0.4, 0.5) is 0 Å². The number of hydrogen-bond donors (Lipinski definition) is 1. The van der Waals surface area contributed by atoms with Crippen LogP contribution in [-0.2, 0) is 6.54 Å². The van der Waals surface area contributed by atoms with Crippen molar-refractivity contribution in [3.63, 3.8) is 0 Å². The third-order valence-electron chi connectivity index (χ3n) is 3.93. The van der Waals surface area contributed by atoms with Gasteiger partial charge in [-0.3, -0.25) is 4.90 Å². The van der Waals surface area contributed by atoms with Crippen LogP contribution in [0.3, 0.4) is 0 Å². The summed E-state index contributed by atoms with van der Waals surface area (Å²) in [4.78, 5) is 2.40. The van der Waals surface area contributed by atoms with Crippen molar-refractivity contribution in [2.24, 2.45) is 0 Å². The molecule has 0 spiro atoms. The van der Waals surface area contributed by atoms with Crippen molar-refractivity contribution in [3.8, 4) is 5.75 Å². The minimum Gasteiger partial charge on any atom is -0.497 e. The van der Waals surface area contributed by atoms with E-state index in [1.165, 1.54) is 5.56 Å². The summed E-state index contributed by atoms with van der Waals surface area (Å²) >= 11 is 0. The Bertz CT molecular complexity index is 536. The number of rotatable bonds is 9. The maximum absolute atomic E-state index is 5.62. The Morgan fingerprint density at radius 1 is 1.18 bits per heavy atom. The average Bonchev–Trinajstić information content (AvgIpc) is 3.09. The van der Waals surface area contributed by atoms with E-state index in [4.69, 9.17) is 9.15 Å². The molecule has 0 amide bonds. The van der Waals surface area contributed by atoms with Crippen LogP contribution < -0.4 is 10.1 Å². The molecule has 0 aliphatic heterocycles. The minimum absolute atomic E-state index is 0.260. The van der Waals surface area contributed by atoms with Crippen LogP contribution >= 0.6 is 0 Å². The van der Waals surface area contributed by atoms with Crippen molar-refractivity contribution in [2.75, 3.05) is 26.7 Å². The Morgan fingerprint density at radius 2 is 2.00 bits per heavy atom. The summed E-state index contributed by atoms with van der Waals surface area (Å²) < 4.78 is 10.9. The van der Waals surface area contributed by atoms with E-state index in [0.717, 1.165) is 37.7 Å². The minimum atomic E-state index is 0.260. The van der Waals surface area contributed by atoms with Crippen LogP contribution in [-0.4, -0.2) is 31.6 Å². The predicted octanol–water partition coefficient (Wildman–Crippen LogP) is 3.46. The van der Waals surface area contributed by atoms with Gasteiger partial charge in [0.05, 0.1) is 19.4 Å². The fourth-order valence-electron chi connectivity index (χ4n) is 2.69. The van der Waals surface area contributed by atoms with Gasteiger partial charge in [-0.1, -0.05) is 26.0 Å². The SMILES string of the molecule is CCN(CC)C(CNCc1cccc(OC)c1)c1ccco1. The highest BCUT2D eigenvalue weighted by atomic mass is 16.5. The Kier molecular flexibility index (Phi) is 6.49. The lowest BCUT2D eigenvalue weighted by Gasteiger charge is -2.28. The first-order valence-corrected chi connectivity index (χ1v) is 7.89. The smallest absolute Gasteiger partial charge is 0.122 e. The maximum Gasteiger partial charge on any atom is 0.122 e. The Balaban J connectivity index is 1.96. The summed E-state index contributed by atoms with van der Waals surface area (Å²) in [5.74, 6) is 1.91. The number of ether oxygens (including phenoxy) is 1. The van der Waals surface area contributed by atoms with Gasteiger partial charge < -0.3 is 14.5 Å². The molecule has 0 aliphatic rings. The molecule has 22 heavy (non-hydrogen) atoms. The van der Waals surface area contributed by atoms with Gasteiger partial charge in [-0.2, -0.15) is 0 Å². The normalized spacial score (nSPS) is 12.5. The lowest BCUT2D eigenvalue weighted by atomic mass is 10.1. The van der Waals surface area contributed by atoms with Crippen LogP contribution in [0.1, 0.15) is 31.2 Å². The van der Waals surface area contributed by atoms with Crippen LogP contribution in [0.2, 0.25) is 0 Å². The van der Waals surface area contributed by atoms with Gasteiger partial charge in [0.25, 0.3) is 0 Å². The number of furan rings is 1. The van der Waals surface area contributed by atoms with Crippen molar-refractivity contribution in [1.29, 1.82) is 0 Å². The standard InChI is InChI=1S/C18H26N2O2/c1-4-20(5-2)17(18-10-7-11-22-18)14-19-13-15-8-6-9-16(12-15)21-3/h6-12,17,19H,4-5,13-14H2,1-3H3. The second kappa shape index (κ2) is 8.61. The van der Waals surface area contributed by atoms with Gasteiger partial charge in [0.2, 0.25) is 0 Å². The zero-order valence-corrected chi connectivity index (χ0v) is 13.7. The lowest BCUT2D eigenvalue weighted by molar-refractivity contribution is 0.188. The Morgan fingerprint density at radius 3 is 2.64 bits per heavy atom. The molecule has 1 heterocycles. The van der Waals surface area contributed by atoms with Crippen molar-refractivity contribution >= 4 is 0 Å². The summed E-state index contributed by atoms with van der Waals surface area (Å²) in [6.45, 7) is 8.04. The molecule has 0 saturated carbocycles. The number of methoxy groups -OCH3 is 1. The number of nitrogens with zero attached hydrogens (tertiary/aromatic N) is 1. The van der Waals surface area contributed by atoms with Crippen LogP contribution in [0, 0.1) is 0 Å². The van der Waals surface area contributed by atoms with Gasteiger partial charge >= 0.3 is 0 Å². The van der Waals surface area contributed by atoms with Crippen LogP contribution in [0.25, 0.3) is 0 Å². The molecule has 4 heteroatoms. The molecule has 0 aliphatic carbocycles. The fraction of sp³-hybridized carbons (Fsp3) is 0.444. The number of hydrogen-bond acceptors (Lipinski definition) is 4. The zero-order chi connectivity index (χ0) is 15.8. The molecule has 1 aromatic carbocycles. The van der Waals surface area contributed by atoms with E-state index < -0.39 is 0 Å². The van der Waals surface area contributed by atoms with Crippen molar-refractivity contribution in [2.45, 2.75) is 26.4 Å². The van der Waals surface area contributed by atoms with Gasteiger partial charge in [-0.25, -0.2) is 0 Å². The van der Waals surface area contributed by atoms with Crippen molar-refractivity contribution in [3.05, 3.63) is 54.0 Å². The fourth-order valence-corrected chi connectivity index (χ4v) is 2.69. The molecule has 1 aromatic heterocycles. The summed E-state index contributed by atoms with van der Waals surface area (Å²) in [6, 6.07) is 12.4. The summed E-state index contributed by atoms with van der Waals surface area (Å²) in [5.41, 5.74) is 1.22. The third-order valence-corrected chi connectivity index (χ3v) is 3.93. The van der Waals surface area contributed by atoms with Gasteiger partial charge in [-0.15, -0.1) is 0 Å². The maximum atomic E-state index is 5.62. The molecular weight excluding hydrogens is 276 g/mol. The molecule has 0 radical (unpaired) electrons. The van der Waals surface area contributed by atoms with Crippen molar-refractivity contribution in [1.82, 2.24) is 10.2 Å². The van der Waals surface area contributed by atoms with Crippen LogP contribution in [0.5, 0.6) is 5.75 Å². The molecule has 1 N–H and O–H groups in total. The Labute approximate surface area is 133 Å². The molecular formula is C18H26N2O2. The molecule has 1 atom stereocenters. The zero-order valence-electron chi connectivity index (χ0n) is 13.7. The lowest BCUT2D eigenvalue weighted by Crippen LogP contribution is -2.35. The van der Waals surface area contributed by atoms with Crippen molar-refractivity contribution < 1.29 is 9.15 Å². The molecule has 1 unspecified atom stereocenters. The summed E-state index contributed by atoms with van der Waals surface area (Å²) in [5, 5.41) is 3.53. The largest absolute Gasteiger partial charge is 0.497 e.